The Morgan fingerprint density at radius 1 is 1.17 bits per heavy atom. The van der Waals surface area contributed by atoms with Crippen LogP contribution in [0.25, 0.3) is 0 Å². The zero-order valence-corrected chi connectivity index (χ0v) is 14.5. The van der Waals surface area contributed by atoms with Crippen molar-refractivity contribution in [2.75, 3.05) is 0 Å². The van der Waals surface area contributed by atoms with Crippen LogP contribution in [0.5, 0.6) is 0 Å². The SMILES string of the molecule is CC(=O)NC(CC(=O)NC1CC2CCC(C1)N2)c1ccc(C)cc1. The number of piperidine rings is 1. The van der Waals surface area contributed by atoms with Gasteiger partial charge in [0.05, 0.1) is 12.5 Å². The number of nitrogens with one attached hydrogen (secondary N) is 3. The number of rotatable bonds is 5. The number of amides is 2. The molecule has 2 aliphatic rings. The molecule has 130 valence electrons. The van der Waals surface area contributed by atoms with Crippen LogP contribution in [0.3, 0.4) is 0 Å². The monoisotopic (exact) mass is 329 g/mol. The van der Waals surface area contributed by atoms with E-state index in [2.05, 4.69) is 16.0 Å². The molecule has 2 amide bonds. The predicted molar refractivity (Wildman–Crippen MR) is 93.5 cm³/mol. The van der Waals surface area contributed by atoms with Crippen molar-refractivity contribution >= 4 is 11.8 Å². The molecule has 1 aromatic rings. The average Bonchev–Trinajstić information content (AvgIpc) is 2.85. The first kappa shape index (κ1) is 17.0. The molecule has 2 fully saturated rings. The van der Waals surface area contributed by atoms with Crippen LogP contribution in [0.4, 0.5) is 0 Å². The lowest BCUT2D eigenvalue weighted by Gasteiger charge is -2.30. The zero-order valence-electron chi connectivity index (χ0n) is 14.5. The van der Waals surface area contributed by atoms with E-state index in [1.54, 1.807) is 0 Å². The lowest BCUT2D eigenvalue weighted by Crippen LogP contribution is -2.48. The number of carbonyl (C=O) groups excluding carboxylic acids is 2. The third kappa shape index (κ3) is 4.35. The van der Waals surface area contributed by atoms with E-state index in [0.29, 0.717) is 12.1 Å². The first-order valence-electron chi connectivity index (χ1n) is 8.88. The van der Waals surface area contributed by atoms with Crippen molar-refractivity contribution in [2.45, 2.75) is 70.1 Å². The molecule has 5 nitrogen and oxygen atoms in total. The average molecular weight is 329 g/mol. The lowest BCUT2D eigenvalue weighted by atomic mass is 9.98. The van der Waals surface area contributed by atoms with Crippen molar-refractivity contribution in [2.24, 2.45) is 0 Å². The smallest absolute Gasteiger partial charge is 0.222 e. The summed E-state index contributed by atoms with van der Waals surface area (Å²) >= 11 is 0. The Morgan fingerprint density at radius 3 is 2.38 bits per heavy atom. The van der Waals surface area contributed by atoms with Gasteiger partial charge in [-0.2, -0.15) is 0 Å². The first-order chi connectivity index (χ1) is 11.5. The topological polar surface area (TPSA) is 70.2 Å². The van der Waals surface area contributed by atoms with Crippen LogP contribution in [0.2, 0.25) is 0 Å². The molecule has 3 rings (SSSR count). The van der Waals surface area contributed by atoms with Crippen LogP contribution in [0.1, 0.15) is 56.2 Å². The van der Waals surface area contributed by atoms with Crippen molar-refractivity contribution in [3.05, 3.63) is 35.4 Å². The van der Waals surface area contributed by atoms with Gasteiger partial charge in [0.25, 0.3) is 0 Å². The second-order valence-electron chi connectivity index (χ2n) is 7.24. The zero-order chi connectivity index (χ0) is 17.1. The molecule has 3 N–H and O–H groups in total. The summed E-state index contributed by atoms with van der Waals surface area (Å²) in [6.07, 6.45) is 4.74. The van der Waals surface area contributed by atoms with Crippen LogP contribution < -0.4 is 16.0 Å². The third-order valence-corrected chi connectivity index (χ3v) is 5.08. The Bertz CT molecular complexity index is 587. The summed E-state index contributed by atoms with van der Waals surface area (Å²) < 4.78 is 0. The molecule has 3 unspecified atom stereocenters. The molecule has 3 atom stereocenters. The predicted octanol–water partition coefficient (Wildman–Crippen LogP) is 1.96. The van der Waals surface area contributed by atoms with E-state index in [9.17, 15) is 9.59 Å². The Labute approximate surface area is 143 Å². The standard InChI is InChI=1S/C19H27N3O2/c1-12-3-5-14(6-4-12)18(20-13(2)23)11-19(24)22-17-9-15-7-8-16(10-17)21-15/h3-6,15-18,21H,7-11H2,1-2H3,(H,20,23)(H,22,24). The van der Waals surface area contributed by atoms with E-state index < -0.39 is 0 Å². The quantitative estimate of drug-likeness (QED) is 0.773. The largest absolute Gasteiger partial charge is 0.353 e. The molecule has 5 heteroatoms. The van der Waals surface area contributed by atoms with Gasteiger partial charge in [0.2, 0.25) is 11.8 Å². The van der Waals surface area contributed by atoms with Crippen molar-refractivity contribution < 1.29 is 9.59 Å². The van der Waals surface area contributed by atoms with Gasteiger partial charge in [-0.05, 0) is 38.2 Å². The molecule has 2 bridgehead atoms. The second kappa shape index (κ2) is 7.34. The molecule has 0 radical (unpaired) electrons. The van der Waals surface area contributed by atoms with E-state index in [4.69, 9.17) is 0 Å². The van der Waals surface area contributed by atoms with Crippen molar-refractivity contribution in [1.29, 1.82) is 0 Å². The number of hydrogen-bond acceptors (Lipinski definition) is 3. The number of benzene rings is 1. The summed E-state index contributed by atoms with van der Waals surface area (Å²) in [4.78, 5) is 24.0. The second-order valence-corrected chi connectivity index (χ2v) is 7.24. The molecule has 2 heterocycles. The highest BCUT2D eigenvalue weighted by atomic mass is 16.2. The van der Waals surface area contributed by atoms with Crippen molar-refractivity contribution in [3.63, 3.8) is 0 Å². The maximum absolute atomic E-state index is 12.5. The molecule has 0 aliphatic carbocycles. The normalized spacial score (nSPS) is 26.7. The van der Waals surface area contributed by atoms with Gasteiger partial charge in [-0.25, -0.2) is 0 Å². The van der Waals surface area contributed by atoms with Crippen LogP contribution >= 0.6 is 0 Å². The maximum Gasteiger partial charge on any atom is 0.222 e. The Kier molecular flexibility index (Phi) is 5.19. The van der Waals surface area contributed by atoms with E-state index in [0.717, 1.165) is 24.0 Å². The minimum Gasteiger partial charge on any atom is -0.353 e. The van der Waals surface area contributed by atoms with Gasteiger partial charge in [-0.3, -0.25) is 9.59 Å². The highest BCUT2D eigenvalue weighted by molar-refractivity contribution is 5.79. The summed E-state index contributed by atoms with van der Waals surface area (Å²) in [5, 5.41) is 9.66. The number of fused-ring (bicyclic) bond motifs is 2. The van der Waals surface area contributed by atoms with Gasteiger partial charge in [-0.15, -0.1) is 0 Å². The molecule has 0 spiro atoms. The fourth-order valence-electron chi connectivity index (χ4n) is 3.94. The van der Waals surface area contributed by atoms with Crippen LogP contribution in [0, 0.1) is 6.92 Å². The molecule has 24 heavy (non-hydrogen) atoms. The maximum atomic E-state index is 12.5. The first-order valence-corrected chi connectivity index (χ1v) is 8.88. The molecule has 0 aromatic heterocycles. The molecular weight excluding hydrogens is 302 g/mol. The lowest BCUT2D eigenvalue weighted by molar-refractivity contribution is -0.123. The summed E-state index contributed by atoms with van der Waals surface area (Å²) in [5.41, 5.74) is 2.13. The summed E-state index contributed by atoms with van der Waals surface area (Å²) in [6, 6.07) is 9.06. The highest BCUT2D eigenvalue weighted by Crippen LogP contribution is 2.27. The molecular formula is C19H27N3O2. The fraction of sp³-hybridized carbons (Fsp3) is 0.579. The van der Waals surface area contributed by atoms with Gasteiger partial charge in [0.1, 0.15) is 0 Å². The van der Waals surface area contributed by atoms with Crippen LogP contribution in [0.15, 0.2) is 24.3 Å². The van der Waals surface area contributed by atoms with E-state index in [1.807, 2.05) is 31.2 Å². The Hall–Kier alpha value is -1.88. The fourth-order valence-corrected chi connectivity index (χ4v) is 3.94. The molecule has 0 saturated carbocycles. The number of carbonyl (C=O) groups is 2. The van der Waals surface area contributed by atoms with E-state index in [-0.39, 0.29) is 30.3 Å². The minimum atomic E-state index is -0.276. The Morgan fingerprint density at radius 2 is 1.79 bits per heavy atom. The van der Waals surface area contributed by atoms with Gasteiger partial charge in [-0.1, -0.05) is 29.8 Å². The summed E-state index contributed by atoms with van der Waals surface area (Å²) in [5.74, 6) is -0.103. The van der Waals surface area contributed by atoms with Crippen molar-refractivity contribution in [3.8, 4) is 0 Å². The number of aryl methyl sites for hydroxylation is 1. The molecule has 2 saturated heterocycles. The van der Waals surface area contributed by atoms with Gasteiger partial charge >= 0.3 is 0 Å². The number of hydrogen-bond donors (Lipinski definition) is 3. The van der Waals surface area contributed by atoms with Crippen LogP contribution in [-0.4, -0.2) is 29.9 Å². The third-order valence-electron chi connectivity index (χ3n) is 5.08. The van der Waals surface area contributed by atoms with E-state index >= 15 is 0 Å². The van der Waals surface area contributed by atoms with Crippen molar-refractivity contribution in [1.82, 2.24) is 16.0 Å². The van der Waals surface area contributed by atoms with Gasteiger partial charge < -0.3 is 16.0 Å². The Balaban J connectivity index is 1.60. The molecule has 2 aliphatic heterocycles. The van der Waals surface area contributed by atoms with Gasteiger partial charge in [0.15, 0.2) is 0 Å². The summed E-state index contributed by atoms with van der Waals surface area (Å²) in [6.45, 7) is 3.51. The minimum absolute atomic E-state index is 0.0145. The molecule has 1 aromatic carbocycles. The summed E-state index contributed by atoms with van der Waals surface area (Å²) in [7, 11) is 0. The van der Waals surface area contributed by atoms with E-state index in [1.165, 1.54) is 19.8 Å². The highest BCUT2D eigenvalue weighted by Gasteiger charge is 2.34. The van der Waals surface area contributed by atoms with Crippen LogP contribution in [-0.2, 0) is 9.59 Å². The van der Waals surface area contributed by atoms with Gasteiger partial charge in [0, 0.05) is 25.0 Å².